The van der Waals surface area contributed by atoms with Crippen molar-refractivity contribution in [2.24, 2.45) is 0 Å². The summed E-state index contributed by atoms with van der Waals surface area (Å²) in [7, 11) is -1.89. The van der Waals surface area contributed by atoms with Crippen molar-refractivity contribution in [3.63, 3.8) is 0 Å². The summed E-state index contributed by atoms with van der Waals surface area (Å²) >= 11 is 0. The van der Waals surface area contributed by atoms with E-state index in [-0.39, 0.29) is 17.9 Å². The summed E-state index contributed by atoms with van der Waals surface area (Å²) in [6, 6.07) is 4.76. The van der Waals surface area contributed by atoms with Crippen LogP contribution in [0.3, 0.4) is 0 Å². The first kappa shape index (κ1) is 17.3. The summed E-state index contributed by atoms with van der Waals surface area (Å²) in [5, 5.41) is 0.501. The number of hydrogen-bond acceptors (Lipinski definition) is 6. The zero-order valence-corrected chi connectivity index (χ0v) is 14.0. The minimum absolute atomic E-state index is 0.0403. The first-order valence-corrected chi connectivity index (χ1v) is 8.73. The minimum atomic E-state index is -3.40. The van der Waals surface area contributed by atoms with Crippen molar-refractivity contribution in [3.05, 3.63) is 29.5 Å². The number of nitrogens with one attached hydrogen (secondary N) is 1. The number of hydrogen-bond donors (Lipinski definition) is 1. The van der Waals surface area contributed by atoms with Gasteiger partial charge in [0.05, 0.1) is 12.4 Å². The van der Waals surface area contributed by atoms with E-state index in [1.807, 2.05) is 0 Å². The van der Waals surface area contributed by atoms with Gasteiger partial charge in [0, 0.05) is 18.2 Å². The third kappa shape index (κ3) is 4.02. The van der Waals surface area contributed by atoms with Crippen molar-refractivity contribution in [3.8, 4) is 0 Å². The smallest absolute Gasteiger partial charge is 0.342 e. The van der Waals surface area contributed by atoms with Gasteiger partial charge in [-0.2, -0.15) is 0 Å². The van der Waals surface area contributed by atoms with Gasteiger partial charge in [0.1, 0.15) is 23.5 Å². The molecule has 0 saturated carbocycles. The lowest BCUT2D eigenvalue weighted by Gasteiger charge is -2.06. The Bertz CT molecular complexity index is 809. The number of anilines is 1. The number of sulfonamides is 1. The molecule has 0 saturated heterocycles. The molecule has 0 aliphatic heterocycles. The van der Waals surface area contributed by atoms with Crippen molar-refractivity contribution in [1.82, 2.24) is 0 Å². The van der Waals surface area contributed by atoms with Gasteiger partial charge < -0.3 is 13.9 Å². The molecule has 8 heteroatoms. The predicted molar refractivity (Wildman–Crippen MR) is 86.2 cm³/mol. The third-order valence-corrected chi connectivity index (χ3v) is 4.55. The summed E-state index contributed by atoms with van der Waals surface area (Å²) in [5.74, 6) is -0.159. The average molecular weight is 341 g/mol. The summed E-state index contributed by atoms with van der Waals surface area (Å²) < 4.78 is 41.3. The van der Waals surface area contributed by atoms with Crippen molar-refractivity contribution in [1.29, 1.82) is 0 Å². The van der Waals surface area contributed by atoms with E-state index < -0.39 is 16.0 Å². The average Bonchev–Trinajstić information content (AvgIpc) is 2.82. The number of carbonyl (C=O) groups excluding carboxylic acids is 1. The molecule has 0 atom stereocenters. The van der Waals surface area contributed by atoms with Crippen LogP contribution in [-0.4, -0.2) is 40.5 Å². The molecular weight excluding hydrogens is 322 g/mol. The number of rotatable bonds is 7. The highest BCUT2D eigenvalue weighted by Gasteiger charge is 2.20. The third-order valence-electron chi connectivity index (χ3n) is 3.24. The van der Waals surface area contributed by atoms with E-state index in [9.17, 15) is 13.2 Å². The summed E-state index contributed by atoms with van der Waals surface area (Å²) in [5.41, 5.74) is 1.14. The minimum Gasteiger partial charge on any atom is -0.460 e. The Morgan fingerprint density at radius 1 is 1.30 bits per heavy atom. The SMILES string of the molecule is CCS(=O)(=O)Nc1ccc2oc(C)c(C(=O)OCCOC)c2c1. The van der Waals surface area contributed by atoms with Gasteiger partial charge in [0.2, 0.25) is 10.0 Å². The molecule has 7 nitrogen and oxygen atoms in total. The fourth-order valence-electron chi connectivity index (χ4n) is 2.08. The van der Waals surface area contributed by atoms with Gasteiger partial charge in [0.15, 0.2) is 0 Å². The van der Waals surface area contributed by atoms with Crippen molar-refractivity contribution >= 4 is 32.6 Å². The van der Waals surface area contributed by atoms with Crippen LogP contribution < -0.4 is 4.72 Å². The molecule has 1 N–H and O–H groups in total. The molecule has 1 heterocycles. The van der Waals surface area contributed by atoms with Crippen LogP contribution in [0.5, 0.6) is 0 Å². The number of benzene rings is 1. The number of methoxy groups -OCH3 is 1. The molecule has 126 valence electrons. The molecule has 0 amide bonds. The molecule has 0 aliphatic carbocycles. The Balaban J connectivity index is 2.37. The van der Waals surface area contributed by atoms with Gasteiger partial charge in [-0.1, -0.05) is 0 Å². The normalized spacial score (nSPS) is 11.6. The van der Waals surface area contributed by atoms with Gasteiger partial charge in [-0.25, -0.2) is 13.2 Å². The Hall–Kier alpha value is -2.06. The molecule has 0 aliphatic rings. The molecular formula is C15H19NO6S. The lowest BCUT2D eigenvalue weighted by Crippen LogP contribution is -2.14. The Morgan fingerprint density at radius 3 is 2.70 bits per heavy atom. The number of furan rings is 1. The highest BCUT2D eigenvalue weighted by atomic mass is 32.2. The molecule has 2 rings (SSSR count). The molecule has 2 aromatic rings. The molecule has 1 aromatic heterocycles. The standard InChI is InChI=1S/C15H19NO6S/c1-4-23(18,19)16-11-5-6-13-12(9-11)14(10(2)22-13)15(17)21-8-7-20-3/h5-6,9,16H,4,7-8H2,1-3H3. The van der Waals surface area contributed by atoms with E-state index in [4.69, 9.17) is 13.9 Å². The largest absolute Gasteiger partial charge is 0.460 e. The highest BCUT2D eigenvalue weighted by Crippen LogP contribution is 2.29. The molecule has 0 spiro atoms. The zero-order chi connectivity index (χ0) is 17.0. The quantitative estimate of drug-likeness (QED) is 0.613. The van der Waals surface area contributed by atoms with Gasteiger partial charge in [0.25, 0.3) is 0 Å². The Kier molecular flexibility index (Phi) is 5.27. The monoisotopic (exact) mass is 341 g/mol. The Labute approximate surface area is 134 Å². The van der Waals surface area contributed by atoms with Crippen molar-refractivity contribution < 1.29 is 27.1 Å². The first-order chi connectivity index (χ1) is 10.9. The van der Waals surface area contributed by atoms with Gasteiger partial charge >= 0.3 is 5.97 Å². The van der Waals surface area contributed by atoms with Crippen LogP contribution in [-0.2, 0) is 19.5 Å². The highest BCUT2D eigenvalue weighted by molar-refractivity contribution is 7.92. The fraction of sp³-hybridized carbons (Fsp3) is 0.400. The second kappa shape index (κ2) is 7.01. The summed E-state index contributed by atoms with van der Waals surface area (Å²) in [4.78, 5) is 12.2. The van der Waals surface area contributed by atoms with Crippen LogP contribution in [0.2, 0.25) is 0 Å². The van der Waals surface area contributed by atoms with Crippen molar-refractivity contribution in [2.75, 3.05) is 30.8 Å². The fourth-order valence-corrected chi connectivity index (χ4v) is 2.71. The van der Waals surface area contributed by atoms with Gasteiger partial charge in [-0.15, -0.1) is 0 Å². The number of aryl methyl sites for hydroxylation is 1. The van der Waals surface area contributed by atoms with Crippen LogP contribution in [0.25, 0.3) is 11.0 Å². The Morgan fingerprint density at radius 2 is 2.04 bits per heavy atom. The maximum Gasteiger partial charge on any atom is 0.342 e. The van der Waals surface area contributed by atoms with E-state index in [0.29, 0.717) is 29.0 Å². The molecule has 0 bridgehead atoms. The number of fused-ring (bicyclic) bond motifs is 1. The second-order valence-electron chi connectivity index (χ2n) is 4.88. The molecule has 1 aromatic carbocycles. The van der Waals surface area contributed by atoms with E-state index in [0.717, 1.165) is 0 Å². The summed E-state index contributed by atoms with van der Waals surface area (Å²) in [6.45, 7) is 3.62. The molecule has 0 unspecified atom stereocenters. The lowest BCUT2D eigenvalue weighted by atomic mass is 10.1. The second-order valence-corrected chi connectivity index (χ2v) is 6.89. The van der Waals surface area contributed by atoms with E-state index in [1.54, 1.807) is 32.0 Å². The summed E-state index contributed by atoms with van der Waals surface area (Å²) in [6.07, 6.45) is 0. The maximum absolute atomic E-state index is 12.2. The lowest BCUT2D eigenvalue weighted by molar-refractivity contribution is 0.0388. The number of carbonyl (C=O) groups is 1. The van der Waals surface area contributed by atoms with Gasteiger partial charge in [-0.3, -0.25) is 4.72 Å². The predicted octanol–water partition coefficient (Wildman–Crippen LogP) is 2.31. The van der Waals surface area contributed by atoms with E-state index in [2.05, 4.69) is 4.72 Å². The van der Waals surface area contributed by atoms with E-state index in [1.165, 1.54) is 7.11 Å². The van der Waals surface area contributed by atoms with Crippen LogP contribution >= 0.6 is 0 Å². The van der Waals surface area contributed by atoms with Crippen LogP contribution in [0.4, 0.5) is 5.69 Å². The van der Waals surface area contributed by atoms with Crippen molar-refractivity contribution in [2.45, 2.75) is 13.8 Å². The molecule has 0 radical (unpaired) electrons. The van der Waals surface area contributed by atoms with Crippen LogP contribution in [0, 0.1) is 6.92 Å². The molecule has 23 heavy (non-hydrogen) atoms. The van der Waals surface area contributed by atoms with Gasteiger partial charge in [-0.05, 0) is 32.0 Å². The van der Waals surface area contributed by atoms with Crippen LogP contribution in [0.15, 0.2) is 22.6 Å². The maximum atomic E-state index is 12.2. The topological polar surface area (TPSA) is 94.8 Å². The zero-order valence-electron chi connectivity index (χ0n) is 13.2. The number of esters is 1. The first-order valence-electron chi connectivity index (χ1n) is 7.07. The van der Waals surface area contributed by atoms with Crippen LogP contribution in [0.1, 0.15) is 23.0 Å². The number of ether oxygens (including phenoxy) is 2. The molecule has 0 fully saturated rings. The van der Waals surface area contributed by atoms with E-state index >= 15 is 0 Å².